The van der Waals surface area contributed by atoms with E-state index < -0.39 is 0 Å². The Balaban J connectivity index is 1.83. The van der Waals surface area contributed by atoms with Gasteiger partial charge in [-0.1, -0.05) is 24.3 Å². The number of carbonyl (C=O) groups excluding carboxylic acids is 1. The first-order valence-electron chi connectivity index (χ1n) is 8.85. The topological polar surface area (TPSA) is 82.4 Å². The number of hydrogen-bond acceptors (Lipinski definition) is 5. The van der Waals surface area contributed by atoms with Crippen molar-refractivity contribution in [2.75, 3.05) is 19.0 Å². The van der Waals surface area contributed by atoms with Crippen molar-refractivity contribution in [2.24, 2.45) is 0 Å². The fraction of sp³-hybridized carbons (Fsp3) is 0.190. The van der Waals surface area contributed by atoms with Gasteiger partial charge in [0, 0.05) is 11.6 Å². The molecule has 0 aliphatic heterocycles. The minimum absolute atomic E-state index is 0.220. The summed E-state index contributed by atoms with van der Waals surface area (Å²) in [6.07, 6.45) is 0. The van der Waals surface area contributed by atoms with Crippen molar-refractivity contribution in [2.45, 2.75) is 13.5 Å². The largest absolute Gasteiger partial charge is 0.496 e. The number of methoxy groups -OCH3 is 1. The zero-order chi connectivity index (χ0) is 19.9. The molecule has 2 aromatic carbocycles. The van der Waals surface area contributed by atoms with E-state index in [1.54, 1.807) is 31.4 Å². The van der Waals surface area contributed by atoms with E-state index in [2.05, 4.69) is 10.4 Å². The summed E-state index contributed by atoms with van der Waals surface area (Å²) in [5.41, 5.74) is 1.45. The molecule has 0 saturated heterocycles. The molecule has 7 heteroatoms. The molecule has 3 aromatic rings. The molecule has 0 atom stereocenters. The Bertz CT molecular complexity index is 1030. The van der Waals surface area contributed by atoms with Crippen molar-refractivity contribution in [3.63, 3.8) is 0 Å². The van der Waals surface area contributed by atoms with Crippen molar-refractivity contribution in [3.05, 3.63) is 71.0 Å². The number of rotatable bonds is 7. The molecule has 1 amide bonds. The van der Waals surface area contributed by atoms with Gasteiger partial charge in [0.1, 0.15) is 18.0 Å². The second-order valence-electron chi connectivity index (χ2n) is 5.89. The van der Waals surface area contributed by atoms with Crippen molar-refractivity contribution in [1.29, 1.82) is 0 Å². The van der Waals surface area contributed by atoms with Crippen molar-refractivity contribution in [1.82, 2.24) is 9.78 Å². The van der Waals surface area contributed by atoms with Crippen LogP contribution in [0.2, 0.25) is 0 Å². The van der Waals surface area contributed by atoms with Crippen LogP contribution in [0.1, 0.15) is 6.92 Å². The molecule has 1 aromatic heterocycles. The van der Waals surface area contributed by atoms with Crippen LogP contribution in [0.5, 0.6) is 11.5 Å². The van der Waals surface area contributed by atoms with Crippen LogP contribution in [0.15, 0.2) is 65.5 Å². The highest BCUT2D eigenvalue weighted by Gasteiger charge is 2.12. The van der Waals surface area contributed by atoms with Gasteiger partial charge >= 0.3 is 0 Å². The van der Waals surface area contributed by atoms with Crippen LogP contribution in [0, 0.1) is 0 Å². The lowest BCUT2D eigenvalue weighted by Crippen LogP contribution is -2.29. The average molecular weight is 379 g/mol. The van der Waals surface area contributed by atoms with Crippen LogP contribution in [0.4, 0.5) is 5.69 Å². The van der Waals surface area contributed by atoms with Gasteiger partial charge in [0.15, 0.2) is 0 Å². The van der Waals surface area contributed by atoms with E-state index in [1.807, 2.05) is 37.3 Å². The Morgan fingerprint density at radius 1 is 1.04 bits per heavy atom. The van der Waals surface area contributed by atoms with E-state index in [0.717, 1.165) is 10.2 Å². The lowest BCUT2D eigenvalue weighted by Gasteiger charge is -2.12. The van der Waals surface area contributed by atoms with Crippen molar-refractivity contribution < 1.29 is 14.3 Å². The van der Waals surface area contributed by atoms with Gasteiger partial charge in [0.05, 0.1) is 25.1 Å². The summed E-state index contributed by atoms with van der Waals surface area (Å²) in [5, 5.41) is 7.09. The molecule has 144 valence electrons. The predicted molar refractivity (Wildman–Crippen MR) is 107 cm³/mol. The number of para-hydroxylation sites is 3. The number of nitrogens with one attached hydrogen (secondary N) is 1. The third kappa shape index (κ3) is 4.37. The number of benzene rings is 2. The molecule has 28 heavy (non-hydrogen) atoms. The number of hydrogen-bond donors (Lipinski definition) is 1. The molecule has 0 bridgehead atoms. The second kappa shape index (κ2) is 8.85. The van der Waals surface area contributed by atoms with Crippen LogP contribution in [-0.2, 0) is 11.3 Å². The monoisotopic (exact) mass is 379 g/mol. The highest BCUT2D eigenvalue weighted by Crippen LogP contribution is 2.27. The molecular formula is C21H21N3O4. The van der Waals surface area contributed by atoms with Gasteiger partial charge in [-0.2, -0.15) is 5.10 Å². The first-order valence-corrected chi connectivity index (χ1v) is 8.85. The van der Waals surface area contributed by atoms with E-state index in [1.165, 1.54) is 6.07 Å². The lowest BCUT2D eigenvalue weighted by atomic mass is 10.1. The van der Waals surface area contributed by atoms with Gasteiger partial charge in [-0.15, -0.1) is 0 Å². The Kier molecular flexibility index (Phi) is 6.06. The van der Waals surface area contributed by atoms with E-state index in [4.69, 9.17) is 9.47 Å². The number of anilines is 1. The Morgan fingerprint density at radius 2 is 1.75 bits per heavy atom. The highest BCUT2D eigenvalue weighted by atomic mass is 16.5. The summed E-state index contributed by atoms with van der Waals surface area (Å²) in [5.74, 6) is 0.829. The van der Waals surface area contributed by atoms with Gasteiger partial charge in [-0.05, 0) is 37.3 Å². The summed E-state index contributed by atoms with van der Waals surface area (Å²) in [4.78, 5) is 24.6. The van der Waals surface area contributed by atoms with Crippen molar-refractivity contribution >= 4 is 11.6 Å². The molecule has 0 radical (unpaired) electrons. The van der Waals surface area contributed by atoms with Crippen molar-refractivity contribution in [3.8, 4) is 22.8 Å². The van der Waals surface area contributed by atoms with Gasteiger partial charge < -0.3 is 14.8 Å². The second-order valence-corrected chi connectivity index (χ2v) is 5.89. The molecule has 0 spiro atoms. The standard InChI is InChI=1S/C21H21N3O4/c1-3-28-19-11-7-5-9-17(19)22-20(25)14-24-21(26)13-12-16(23-24)15-8-4-6-10-18(15)27-2/h4-13H,3,14H2,1-2H3,(H,22,25). The summed E-state index contributed by atoms with van der Waals surface area (Å²) in [7, 11) is 1.57. The number of carbonyl (C=O) groups is 1. The molecular weight excluding hydrogens is 358 g/mol. The number of nitrogens with zero attached hydrogens (tertiary/aromatic N) is 2. The van der Waals surface area contributed by atoms with Crippen LogP contribution >= 0.6 is 0 Å². The minimum Gasteiger partial charge on any atom is -0.496 e. The van der Waals surface area contributed by atoms with Crippen LogP contribution in [-0.4, -0.2) is 29.4 Å². The summed E-state index contributed by atoms with van der Waals surface area (Å²) >= 11 is 0. The Hall–Kier alpha value is -3.61. The zero-order valence-electron chi connectivity index (χ0n) is 15.7. The maximum Gasteiger partial charge on any atom is 0.267 e. The molecule has 0 aliphatic carbocycles. The third-order valence-electron chi connectivity index (χ3n) is 4.00. The summed E-state index contributed by atoms with van der Waals surface area (Å²) in [6, 6.07) is 17.5. The fourth-order valence-electron chi connectivity index (χ4n) is 2.74. The maximum atomic E-state index is 12.5. The number of aromatic nitrogens is 2. The van der Waals surface area contributed by atoms with Gasteiger partial charge in [-0.25, -0.2) is 4.68 Å². The lowest BCUT2D eigenvalue weighted by molar-refractivity contribution is -0.117. The summed E-state index contributed by atoms with van der Waals surface area (Å²) < 4.78 is 12.0. The van der Waals surface area contributed by atoms with E-state index in [9.17, 15) is 9.59 Å². The molecule has 3 rings (SSSR count). The average Bonchev–Trinajstić information content (AvgIpc) is 2.71. The first kappa shape index (κ1) is 19.2. The number of amides is 1. The smallest absolute Gasteiger partial charge is 0.267 e. The predicted octanol–water partition coefficient (Wildman–Crippen LogP) is 2.96. The normalized spacial score (nSPS) is 10.4. The third-order valence-corrected chi connectivity index (χ3v) is 4.00. The zero-order valence-corrected chi connectivity index (χ0v) is 15.7. The Morgan fingerprint density at radius 3 is 2.50 bits per heavy atom. The minimum atomic E-state index is -0.376. The van der Waals surface area contributed by atoms with E-state index >= 15 is 0 Å². The molecule has 0 fully saturated rings. The van der Waals surface area contributed by atoms with Gasteiger partial charge in [0.2, 0.25) is 5.91 Å². The van der Waals surface area contributed by atoms with Gasteiger partial charge in [-0.3, -0.25) is 9.59 Å². The van der Waals surface area contributed by atoms with Gasteiger partial charge in [0.25, 0.3) is 5.56 Å². The molecule has 7 nitrogen and oxygen atoms in total. The van der Waals surface area contributed by atoms with E-state index in [0.29, 0.717) is 29.5 Å². The quantitative estimate of drug-likeness (QED) is 0.682. The molecule has 0 unspecified atom stereocenters. The maximum absolute atomic E-state index is 12.5. The molecule has 0 saturated carbocycles. The Labute approximate surface area is 162 Å². The fourth-order valence-corrected chi connectivity index (χ4v) is 2.74. The SMILES string of the molecule is CCOc1ccccc1NC(=O)Cn1nc(-c2ccccc2OC)ccc1=O. The first-order chi connectivity index (χ1) is 13.6. The van der Waals surface area contributed by atoms with Crippen LogP contribution < -0.4 is 20.3 Å². The summed E-state index contributed by atoms with van der Waals surface area (Å²) in [6.45, 7) is 2.13. The van der Waals surface area contributed by atoms with E-state index in [-0.39, 0.29) is 18.0 Å². The number of ether oxygens (including phenoxy) is 2. The molecule has 0 aliphatic rings. The highest BCUT2D eigenvalue weighted by molar-refractivity contribution is 5.92. The van der Waals surface area contributed by atoms with Crippen LogP contribution in [0.3, 0.4) is 0 Å². The molecule has 1 N–H and O–H groups in total. The van der Waals surface area contributed by atoms with Crippen LogP contribution in [0.25, 0.3) is 11.3 Å². The molecule has 1 heterocycles.